The monoisotopic (exact) mass is 590 g/mol. The fraction of sp³-hybridized carbons (Fsp3) is 0.302. The molecule has 226 valence electrons. The molecule has 3 aromatic heterocycles. The van der Waals surface area contributed by atoms with Crippen LogP contribution in [-0.2, 0) is 23.8 Å². The Morgan fingerprint density at radius 2 is 1.47 bits per heavy atom. The van der Waals surface area contributed by atoms with Gasteiger partial charge >= 0.3 is 0 Å². The molecule has 1 aliphatic heterocycles. The molecule has 0 saturated heterocycles. The summed E-state index contributed by atoms with van der Waals surface area (Å²) in [6, 6.07) is 36.5. The lowest BCUT2D eigenvalue weighted by Gasteiger charge is -2.48. The molecule has 0 saturated carbocycles. The number of pyridine rings is 3. The molecule has 7 rings (SSSR count). The van der Waals surface area contributed by atoms with Gasteiger partial charge in [0.25, 0.3) is 0 Å². The van der Waals surface area contributed by atoms with Gasteiger partial charge < -0.3 is 0 Å². The molecule has 1 aliphatic rings. The summed E-state index contributed by atoms with van der Waals surface area (Å²) >= 11 is 0. The van der Waals surface area contributed by atoms with Gasteiger partial charge in [0.2, 0.25) is 11.2 Å². The summed E-state index contributed by atoms with van der Waals surface area (Å²) in [5.74, 6) is 0. The number of nitrogens with zero attached hydrogens (tertiary/aromatic N) is 2. The second kappa shape index (κ2) is 11.6. The molecule has 6 aromatic rings. The van der Waals surface area contributed by atoms with E-state index in [4.69, 9.17) is 0 Å². The Balaban J connectivity index is 1.48. The average molecular weight is 591 g/mol. The zero-order valence-electron chi connectivity index (χ0n) is 27.6. The lowest BCUT2D eigenvalue weighted by atomic mass is 9.57. The molecule has 0 bridgehead atoms. The second-order valence-corrected chi connectivity index (χ2v) is 13.5. The van der Waals surface area contributed by atoms with Crippen molar-refractivity contribution in [1.82, 2.24) is 0 Å². The molecule has 2 heteroatoms. The maximum Gasteiger partial charge on any atom is 0.218 e. The van der Waals surface area contributed by atoms with Gasteiger partial charge in [-0.1, -0.05) is 87.9 Å². The Kier molecular flexibility index (Phi) is 7.56. The van der Waals surface area contributed by atoms with Crippen molar-refractivity contribution in [3.05, 3.63) is 138 Å². The Hall–Kier alpha value is -4.30. The predicted octanol–water partition coefficient (Wildman–Crippen LogP) is 9.88. The maximum atomic E-state index is 2.65. The minimum Gasteiger partial charge on any atom is -0.192 e. The molecule has 3 aromatic carbocycles. The fourth-order valence-corrected chi connectivity index (χ4v) is 8.35. The molecular weight excluding hydrogens is 544 g/mol. The molecule has 0 spiro atoms. The van der Waals surface area contributed by atoms with E-state index in [9.17, 15) is 0 Å². The zero-order chi connectivity index (χ0) is 31.2. The third-order valence-electron chi connectivity index (χ3n) is 11.1. The summed E-state index contributed by atoms with van der Waals surface area (Å²) < 4.78 is 5.04. The SMILES string of the molecule is CCCCc1ccc2c(c1)-c1ccc(C)c[n+]1C(C)(CC)C2(CC)Cc1c[n+]2cc(-c3ccccc3)ccc2c2ccccc12. The van der Waals surface area contributed by atoms with Crippen molar-refractivity contribution < 1.29 is 8.97 Å². The van der Waals surface area contributed by atoms with Gasteiger partial charge in [-0.3, -0.25) is 0 Å². The Morgan fingerprint density at radius 3 is 2.22 bits per heavy atom. The summed E-state index contributed by atoms with van der Waals surface area (Å²) in [4.78, 5) is 0. The van der Waals surface area contributed by atoms with Crippen LogP contribution in [0.15, 0.2) is 116 Å². The highest BCUT2D eigenvalue weighted by Crippen LogP contribution is 2.52. The van der Waals surface area contributed by atoms with E-state index < -0.39 is 0 Å². The van der Waals surface area contributed by atoms with Crippen molar-refractivity contribution in [2.75, 3.05) is 0 Å². The van der Waals surface area contributed by atoms with Gasteiger partial charge in [-0.25, -0.2) is 0 Å². The van der Waals surface area contributed by atoms with E-state index in [1.54, 1.807) is 0 Å². The molecule has 2 nitrogen and oxygen atoms in total. The third kappa shape index (κ3) is 4.69. The minimum absolute atomic E-state index is 0.0973. The molecule has 4 heterocycles. The molecule has 2 atom stereocenters. The van der Waals surface area contributed by atoms with Crippen LogP contribution in [0.2, 0.25) is 0 Å². The van der Waals surface area contributed by atoms with E-state index in [1.165, 1.54) is 73.8 Å². The van der Waals surface area contributed by atoms with Crippen LogP contribution in [-0.4, -0.2) is 0 Å². The standard InChI is InChI=1S/C43H46N2/c1-6-9-15-32-21-23-39-38(26-32)41-24-20-31(4)28-45(41)42(5,7-2)43(39,8-3)27-35-30-44-29-34(33-16-11-10-12-17-33)22-25-40(44)37-19-14-13-18-36(35)37/h10-14,16-26,28-30H,6-9,15,27H2,1-5H3/q+2. The first-order valence-corrected chi connectivity index (χ1v) is 17.0. The number of benzene rings is 3. The molecule has 2 unspecified atom stereocenters. The molecule has 0 radical (unpaired) electrons. The van der Waals surface area contributed by atoms with E-state index in [1.807, 2.05) is 0 Å². The van der Waals surface area contributed by atoms with Crippen molar-refractivity contribution >= 4 is 16.3 Å². The van der Waals surface area contributed by atoms with Crippen molar-refractivity contribution in [2.45, 2.75) is 84.1 Å². The first kappa shape index (κ1) is 29.4. The topological polar surface area (TPSA) is 7.98 Å². The minimum atomic E-state index is -0.104. The predicted molar refractivity (Wildman–Crippen MR) is 188 cm³/mol. The van der Waals surface area contributed by atoms with Crippen molar-refractivity contribution in [1.29, 1.82) is 0 Å². The van der Waals surface area contributed by atoms with E-state index >= 15 is 0 Å². The number of hydrogen-bond acceptors (Lipinski definition) is 0. The number of aryl methyl sites for hydroxylation is 2. The van der Waals surface area contributed by atoms with Gasteiger partial charge in [0.15, 0.2) is 24.1 Å². The Labute approximate surface area is 269 Å². The van der Waals surface area contributed by atoms with E-state index in [-0.39, 0.29) is 11.0 Å². The first-order chi connectivity index (χ1) is 21.9. The summed E-state index contributed by atoms with van der Waals surface area (Å²) in [6.45, 7) is 11.9. The van der Waals surface area contributed by atoms with Crippen LogP contribution in [0, 0.1) is 6.92 Å². The van der Waals surface area contributed by atoms with Crippen molar-refractivity contribution in [3.8, 4) is 22.4 Å². The van der Waals surface area contributed by atoms with E-state index in [0.717, 1.165) is 25.7 Å². The number of aromatic nitrogens is 2. The summed E-state index contributed by atoms with van der Waals surface area (Å²) in [7, 11) is 0. The Morgan fingerprint density at radius 1 is 0.689 bits per heavy atom. The maximum absolute atomic E-state index is 2.65. The molecule has 0 N–H and O–H groups in total. The molecule has 0 fully saturated rings. The van der Waals surface area contributed by atoms with Crippen LogP contribution in [0.3, 0.4) is 0 Å². The van der Waals surface area contributed by atoms with Gasteiger partial charge in [-0.15, -0.1) is 0 Å². The number of unbranched alkanes of at least 4 members (excludes halogenated alkanes) is 1. The largest absolute Gasteiger partial charge is 0.218 e. The molecule has 45 heavy (non-hydrogen) atoms. The summed E-state index contributed by atoms with van der Waals surface area (Å²) in [5.41, 5.74) is 12.0. The molecule has 0 amide bonds. The van der Waals surface area contributed by atoms with Gasteiger partial charge in [-0.2, -0.15) is 8.97 Å². The van der Waals surface area contributed by atoms with Crippen molar-refractivity contribution in [2.24, 2.45) is 0 Å². The molecule has 0 aliphatic carbocycles. The van der Waals surface area contributed by atoms with E-state index in [0.29, 0.717) is 0 Å². The van der Waals surface area contributed by atoms with Crippen LogP contribution >= 0.6 is 0 Å². The second-order valence-electron chi connectivity index (χ2n) is 13.5. The van der Waals surface area contributed by atoms with Crippen LogP contribution in [0.5, 0.6) is 0 Å². The van der Waals surface area contributed by atoms with Crippen LogP contribution in [0.4, 0.5) is 0 Å². The lowest BCUT2D eigenvalue weighted by Crippen LogP contribution is -2.69. The van der Waals surface area contributed by atoms with E-state index in [2.05, 4.69) is 159 Å². The number of rotatable bonds is 8. The van der Waals surface area contributed by atoms with Gasteiger partial charge in [-0.05, 0) is 78.9 Å². The highest BCUT2D eigenvalue weighted by atomic mass is 15.1. The normalized spacial score (nSPS) is 19.0. The smallest absolute Gasteiger partial charge is 0.192 e. The third-order valence-corrected chi connectivity index (χ3v) is 11.1. The van der Waals surface area contributed by atoms with Crippen LogP contribution in [0.1, 0.15) is 75.6 Å². The van der Waals surface area contributed by atoms with Gasteiger partial charge in [0.05, 0.1) is 16.4 Å². The average Bonchev–Trinajstić information content (AvgIpc) is 3.09. The zero-order valence-corrected chi connectivity index (χ0v) is 27.6. The van der Waals surface area contributed by atoms with Gasteiger partial charge in [0, 0.05) is 42.2 Å². The van der Waals surface area contributed by atoms with Crippen LogP contribution < -0.4 is 8.97 Å². The van der Waals surface area contributed by atoms with Crippen LogP contribution in [0.25, 0.3) is 38.7 Å². The fourth-order valence-electron chi connectivity index (χ4n) is 8.35. The Bertz CT molecular complexity index is 2020. The van der Waals surface area contributed by atoms with Gasteiger partial charge in [0.1, 0.15) is 0 Å². The number of hydrogen-bond donors (Lipinski definition) is 0. The highest BCUT2D eigenvalue weighted by Gasteiger charge is 2.59. The number of fused-ring (bicyclic) bond motifs is 6. The quantitative estimate of drug-likeness (QED) is 0.123. The lowest BCUT2D eigenvalue weighted by molar-refractivity contribution is -0.766. The van der Waals surface area contributed by atoms with Crippen molar-refractivity contribution in [3.63, 3.8) is 0 Å². The highest BCUT2D eigenvalue weighted by molar-refractivity contribution is 5.96. The summed E-state index contributed by atoms with van der Waals surface area (Å²) in [6.07, 6.45) is 13.8. The summed E-state index contributed by atoms with van der Waals surface area (Å²) in [5, 5.41) is 2.67. The molecular formula is C43H46N2+2. The first-order valence-electron chi connectivity index (χ1n) is 17.0.